The molecule has 1 saturated heterocycles. The number of amides is 1. The SMILES string of the molecule is CC(C)(C)c1nc(C(C)(C)C)c(C(=O)N2CCNCC2)s1. The van der Waals surface area contributed by atoms with Gasteiger partial charge in [0.25, 0.3) is 5.91 Å². The number of hydrogen-bond donors (Lipinski definition) is 1. The summed E-state index contributed by atoms with van der Waals surface area (Å²) in [6.07, 6.45) is 0. The average Bonchev–Trinajstić information content (AvgIpc) is 2.83. The van der Waals surface area contributed by atoms with E-state index in [1.807, 2.05) is 4.90 Å². The topological polar surface area (TPSA) is 45.2 Å². The van der Waals surface area contributed by atoms with Crippen molar-refractivity contribution in [2.75, 3.05) is 26.2 Å². The van der Waals surface area contributed by atoms with Gasteiger partial charge < -0.3 is 10.2 Å². The van der Waals surface area contributed by atoms with Gasteiger partial charge in [0.15, 0.2) is 0 Å². The van der Waals surface area contributed by atoms with Crippen LogP contribution in [-0.2, 0) is 10.8 Å². The fraction of sp³-hybridized carbons (Fsp3) is 0.750. The van der Waals surface area contributed by atoms with E-state index in [0.717, 1.165) is 41.8 Å². The molecule has 1 amide bonds. The second kappa shape index (κ2) is 5.69. The van der Waals surface area contributed by atoms with Crippen molar-refractivity contribution in [1.82, 2.24) is 15.2 Å². The molecule has 21 heavy (non-hydrogen) atoms. The number of piperazine rings is 1. The standard InChI is InChI=1S/C16H27N3OS/c1-15(2,3)12-11(21-14(18-12)16(4,5)6)13(20)19-9-7-17-8-10-19/h17H,7-10H2,1-6H3. The highest BCUT2D eigenvalue weighted by molar-refractivity contribution is 7.14. The van der Waals surface area contributed by atoms with E-state index in [9.17, 15) is 4.79 Å². The molecule has 1 aromatic rings. The molecule has 1 aliphatic rings. The van der Waals surface area contributed by atoms with Crippen LogP contribution in [0.5, 0.6) is 0 Å². The lowest BCUT2D eigenvalue weighted by atomic mass is 9.90. The summed E-state index contributed by atoms with van der Waals surface area (Å²) in [7, 11) is 0. The van der Waals surface area contributed by atoms with Crippen molar-refractivity contribution in [3.8, 4) is 0 Å². The van der Waals surface area contributed by atoms with E-state index in [4.69, 9.17) is 4.98 Å². The molecule has 1 aliphatic heterocycles. The zero-order valence-corrected chi connectivity index (χ0v) is 14.9. The molecule has 0 aliphatic carbocycles. The van der Waals surface area contributed by atoms with Crippen molar-refractivity contribution in [2.24, 2.45) is 0 Å². The number of carbonyl (C=O) groups excluding carboxylic acids is 1. The van der Waals surface area contributed by atoms with Crippen molar-refractivity contribution in [1.29, 1.82) is 0 Å². The van der Waals surface area contributed by atoms with Crippen LogP contribution in [0.1, 0.15) is 61.9 Å². The van der Waals surface area contributed by atoms with Gasteiger partial charge in [-0.2, -0.15) is 0 Å². The molecule has 2 heterocycles. The quantitative estimate of drug-likeness (QED) is 0.867. The monoisotopic (exact) mass is 309 g/mol. The van der Waals surface area contributed by atoms with E-state index >= 15 is 0 Å². The smallest absolute Gasteiger partial charge is 0.265 e. The molecule has 0 saturated carbocycles. The molecule has 0 unspecified atom stereocenters. The summed E-state index contributed by atoms with van der Waals surface area (Å²) < 4.78 is 0. The molecule has 2 rings (SSSR count). The number of rotatable bonds is 1. The third-order valence-electron chi connectivity index (χ3n) is 3.58. The molecule has 1 aromatic heterocycles. The minimum atomic E-state index is -0.112. The van der Waals surface area contributed by atoms with Gasteiger partial charge in [-0.25, -0.2) is 4.98 Å². The largest absolute Gasteiger partial charge is 0.335 e. The molecular weight excluding hydrogens is 282 g/mol. The van der Waals surface area contributed by atoms with Gasteiger partial charge in [-0.15, -0.1) is 11.3 Å². The molecule has 0 bridgehead atoms. The minimum absolute atomic E-state index is 0.0212. The predicted octanol–water partition coefficient (Wildman–Crippen LogP) is 2.78. The van der Waals surface area contributed by atoms with E-state index in [2.05, 4.69) is 46.9 Å². The van der Waals surface area contributed by atoms with Crippen LogP contribution in [0.25, 0.3) is 0 Å². The van der Waals surface area contributed by atoms with Crippen LogP contribution in [0, 0.1) is 0 Å². The Balaban J connectivity index is 2.41. The first-order chi connectivity index (χ1) is 9.60. The molecule has 0 spiro atoms. The van der Waals surface area contributed by atoms with Gasteiger partial charge >= 0.3 is 0 Å². The highest BCUT2D eigenvalue weighted by Gasteiger charge is 2.32. The maximum absolute atomic E-state index is 12.9. The summed E-state index contributed by atoms with van der Waals surface area (Å²) in [5.41, 5.74) is 0.812. The number of aromatic nitrogens is 1. The van der Waals surface area contributed by atoms with Gasteiger partial charge in [-0.1, -0.05) is 41.5 Å². The van der Waals surface area contributed by atoms with Crippen molar-refractivity contribution in [2.45, 2.75) is 52.4 Å². The van der Waals surface area contributed by atoms with Crippen LogP contribution in [0.2, 0.25) is 0 Å². The van der Waals surface area contributed by atoms with Gasteiger partial charge in [0.05, 0.1) is 10.7 Å². The van der Waals surface area contributed by atoms with E-state index in [1.165, 1.54) is 0 Å². The van der Waals surface area contributed by atoms with Crippen molar-refractivity contribution in [3.05, 3.63) is 15.6 Å². The Morgan fingerprint density at radius 3 is 2.14 bits per heavy atom. The van der Waals surface area contributed by atoms with Crippen LogP contribution in [0.3, 0.4) is 0 Å². The Kier molecular flexibility index (Phi) is 4.45. The normalized spacial score (nSPS) is 17.1. The average molecular weight is 309 g/mol. The molecule has 0 radical (unpaired) electrons. The fourth-order valence-corrected chi connectivity index (χ4v) is 3.61. The zero-order chi connectivity index (χ0) is 15.8. The first kappa shape index (κ1) is 16.4. The predicted molar refractivity (Wildman–Crippen MR) is 88.3 cm³/mol. The summed E-state index contributed by atoms with van der Waals surface area (Å²) in [6, 6.07) is 0. The maximum atomic E-state index is 12.9. The summed E-state index contributed by atoms with van der Waals surface area (Å²) in [5.74, 6) is 0.148. The van der Waals surface area contributed by atoms with E-state index in [0.29, 0.717) is 0 Å². The molecule has 0 aromatic carbocycles. The Hall–Kier alpha value is -0.940. The summed E-state index contributed by atoms with van der Waals surface area (Å²) in [6.45, 7) is 16.2. The first-order valence-electron chi connectivity index (χ1n) is 7.62. The first-order valence-corrected chi connectivity index (χ1v) is 8.44. The van der Waals surface area contributed by atoms with Gasteiger partial charge in [-0.05, 0) is 0 Å². The molecule has 1 fully saturated rings. The van der Waals surface area contributed by atoms with E-state index in [-0.39, 0.29) is 16.7 Å². The van der Waals surface area contributed by atoms with Gasteiger partial charge in [0.2, 0.25) is 0 Å². The molecule has 4 nitrogen and oxygen atoms in total. The molecular formula is C16H27N3OS. The van der Waals surface area contributed by atoms with Crippen molar-refractivity contribution in [3.63, 3.8) is 0 Å². The number of nitrogens with zero attached hydrogens (tertiary/aromatic N) is 2. The maximum Gasteiger partial charge on any atom is 0.265 e. The lowest BCUT2D eigenvalue weighted by molar-refractivity contribution is 0.0738. The zero-order valence-electron chi connectivity index (χ0n) is 14.0. The third kappa shape index (κ3) is 3.64. The second-order valence-corrected chi connectivity index (χ2v) is 8.74. The van der Waals surface area contributed by atoms with Gasteiger partial charge in [0, 0.05) is 37.0 Å². The molecule has 0 atom stereocenters. The van der Waals surface area contributed by atoms with Crippen molar-refractivity contribution >= 4 is 17.2 Å². The molecule has 1 N–H and O–H groups in total. The van der Waals surface area contributed by atoms with E-state index in [1.54, 1.807) is 11.3 Å². The second-order valence-electron chi connectivity index (χ2n) is 7.74. The lowest BCUT2D eigenvalue weighted by Crippen LogP contribution is -2.46. The van der Waals surface area contributed by atoms with E-state index < -0.39 is 0 Å². The Morgan fingerprint density at radius 2 is 1.67 bits per heavy atom. The van der Waals surface area contributed by atoms with Crippen LogP contribution < -0.4 is 5.32 Å². The highest BCUT2D eigenvalue weighted by atomic mass is 32.1. The van der Waals surface area contributed by atoms with Crippen LogP contribution in [-0.4, -0.2) is 42.0 Å². The van der Waals surface area contributed by atoms with Crippen LogP contribution >= 0.6 is 11.3 Å². The van der Waals surface area contributed by atoms with Gasteiger partial charge in [-0.3, -0.25) is 4.79 Å². The lowest BCUT2D eigenvalue weighted by Gasteiger charge is -2.28. The Bertz CT molecular complexity index is 517. The molecule has 5 heteroatoms. The van der Waals surface area contributed by atoms with Crippen LogP contribution in [0.4, 0.5) is 0 Å². The Morgan fingerprint density at radius 1 is 1.10 bits per heavy atom. The minimum Gasteiger partial charge on any atom is -0.335 e. The number of nitrogens with one attached hydrogen (secondary N) is 1. The summed E-state index contributed by atoms with van der Waals surface area (Å²) in [4.78, 5) is 20.5. The number of thiazole rings is 1. The van der Waals surface area contributed by atoms with Crippen LogP contribution in [0.15, 0.2) is 0 Å². The fourth-order valence-electron chi connectivity index (χ4n) is 2.31. The van der Waals surface area contributed by atoms with Crippen molar-refractivity contribution < 1.29 is 4.79 Å². The number of hydrogen-bond acceptors (Lipinski definition) is 4. The third-order valence-corrected chi connectivity index (χ3v) is 5.05. The van der Waals surface area contributed by atoms with Gasteiger partial charge in [0.1, 0.15) is 4.88 Å². The summed E-state index contributed by atoms with van der Waals surface area (Å²) >= 11 is 1.57. The molecule has 118 valence electrons. The highest BCUT2D eigenvalue weighted by Crippen LogP contribution is 2.35. The summed E-state index contributed by atoms with van der Waals surface area (Å²) in [5, 5.41) is 4.34. The number of carbonyl (C=O) groups is 1. The Labute approximate surface area is 132 Å².